The maximum atomic E-state index is 13.4. The van der Waals surface area contributed by atoms with Gasteiger partial charge in [-0.25, -0.2) is 14.2 Å². The summed E-state index contributed by atoms with van der Waals surface area (Å²) in [6.45, 7) is 0. The molecular weight excluding hydrogens is 290 g/mol. The number of hydrogen-bond acceptors (Lipinski definition) is 5. The van der Waals surface area contributed by atoms with E-state index in [1.165, 1.54) is 0 Å². The number of carboxylic acid groups (broad SMARTS) is 1. The number of hydrogen-bond donors (Lipinski definition) is 1. The third-order valence-electron chi connectivity index (χ3n) is 2.40. The van der Waals surface area contributed by atoms with Crippen molar-refractivity contribution in [2.24, 2.45) is 0 Å². The maximum absolute atomic E-state index is 13.4. The molecule has 0 radical (unpaired) electrons. The number of halogens is 2. The second-order valence-electron chi connectivity index (χ2n) is 3.76. The smallest absolute Gasteiger partial charge is 0.341 e. The molecule has 0 spiro atoms. The molecule has 2 aromatic rings. The first kappa shape index (κ1) is 14.3. The summed E-state index contributed by atoms with van der Waals surface area (Å²) in [6.07, 6.45) is 0.749. The standard InChI is InChI=1S/C12H6F2N2O5/c13-8-2-1-3-9(10(8)14)21-11-7(12(17)18)4-6(5-15-11)16(19)20/h1-5H,(H,17,18). The van der Waals surface area contributed by atoms with Crippen LogP contribution in [0.4, 0.5) is 14.5 Å². The Morgan fingerprint density at radius 2 is 2.10 bits per heavy atom. The summed E-state index contributed by atoms with van der Waals surface area (Å²) in [4.78, 5) is 24.2. The summed E-state index contributed by atoms with van der Waals surface area (Å²) >= 11 is 0. The van der Waals surface area contributed by atoms with Gasteiger partial charge in [-0.2, -0.15) is 4.39 Å². The van der Waals surface area contributed by atoms with E-state index in [1.807, 2.05) is 0 Å². The Bertz CT molecular complexity index is 736. The topological polar surface area (TPSA) is 103 Å². The van der Waals surface area contributed by atoms with Crippen LogP contribution in [0.25, 0.3) is 0 Å². The number of rotatable bonds is 4. The number of nitrogens with zero attached hydrogens (tertiary/aromatic N) is 2. The van der Waals surface area contributed by atoms with E-state index in [1.54, 1.807) is 0 Å². The van der Waals surface area contributed by atoms with Crippen LogP contribution >= 0.6 is 0 Å². The van der Waals surface area contributed by atoms with Crippen molar-refractivity contribution in [3.8, 4) is 11.6 Å². The molecule has 2 rings (SSSR count). The molecule has 9 heteroatoms. The lowest BCUT2D eigenvalue weighted by Gasteiger charge is -2.08. The zero-order valence-electron chi connectivity index (χ0n) is 10.1. The normalized spacial score (nSPS) is 10.2. The highest BCUT2D eigenvalue weighted by atomic mass is 19.2. The molecule has 1 N–H and O–H groups in total. The molecule has 0 fully saturated rings. The monoisotopic (exact) mass is 296 g/mol. The predicted octanol–water partition coefficient (Wildman–Crippen LogP) is 2.76. The second kappa shape index (κ2) is 5.49. The lowest BCUT2D eigenvalue weighted by molar-refractivity contribution is -0.385. The minimum atomic E-state index is -1.56. The molecule has 0 unspecified atom stereocenters. The molecular formula is C12H6F2N2O5. The molecule has 0 amide bonds. The minimum Gasteiger partial charge on any atom is -0.477 e. The number of carboxylic acids is 1. The average Bonchev–Trinajstić information content (AvgIpc) is 2.43. The molecule has 0 saturated carbocycles. The molecule has 0 aliphatic heterocycles. The summed E-state index contributed by atoms with van der Waals surface area (Å²) in [5, 5.41) is 19.5. The number of aromatic nitrogens is 1. The lowest BCUT2D eigenvalue weighted by Crippen LogP contribution is -2.04. The van der Waals surface area contributed by atoms with Gasteiger partial charge in [0, 0.05) is 6.07 Å². The van der Waals surface area contributed by atoms with Crippen molar-refractivity contribution in [3.63, 3.8) is 0 Å². The number of ether oxygens (including phenoxy) is 1. The van der Waals surface area contributed by atoms with Crippen LogP contribution in [-0.2, 0) is 0 Å². The second-order valence-corrected chi connectivity index (χ2v) is 3.76. The molecule has 0 bridgehead atoms. The molecule has 0 aliphatic carbocycles. The Hall–Kier alpha value is -3.10. The number of carbonyl (C=O) groups is 1. The molecule has 0 saturated heterocycles. The fourth-order valence-electron chi connectivity index (χ4n) is 1.44. The van der Waals surface area contributed by atoms with Crippen LogP contribution in [0.5, 0.6) is 11.6 Å². The summed E-state index contributed by atoms with van der Waals surface area (Å²) in [5.74, 6) is -5.24. The van der Waals surface area contributed by atoms with Crippen LogP contribution in [0, 0.1) is 21.7 Å². The van der Waals surface area contributed by atoms with Gasteiger partial charge in [0.1, 0.15) is 11.8 Å². The number of aromatic carboxylic acids is 1. The fraction of sp³-hybridized carbons (Fsp3) is 0. The summed E-state index contributed by atoms with van der Waals surface area (Å²) < 4.78 is 31.4. The van der Waals surface area contributed by atoms with Gasteiger partial charge in [-0.3, -0.25) is 10.1 Å². The van der Waals surface area contributed by atoms with E-state index in [9.17, 15) is 23.7 Å². The van der Waals surface area contributed by atoms with Crippen molar-refractivity contribution in [1.82, 2.24) is 4.98 Å². The summed E-state index contributed by atoms with van der Waals surface area (Å²) in [6, 6.07) is 3.78. The van der Waals surface area contributed by atoms with E-state index >= 15 is 0 Å². The van der Waals surface area contributed by atoms with Crippen LogP contribution in [0.3, 0.4) is 0 Å². The van der Waals surface area contributed by atoms with Crippen LogP contribution in [-0.4, -0.2) is 21.0 Å². The molecule has 1 heterocycles. The van der Waals surface area contributed by atoms with Gasteiger partial charge in [0.15, 0.2) is 11.6 Å². The Morgan fingerprint density at radius 1 is 1.38 bits per heavy atom. The van der Waals surface area contributed by atoms with Gasteiger partial charge in [-0.1, -0.05) is 6.07 Å². The Balaban J connectivity index is 2.46. The van der Waals surface area contributed by atoms with Gasteiger partial charge < -0.3 is 9.84 Å². The van der Waals surface area contributed by atoms with Gasteiger partial charge >= 0.3 is 5.97 Å². The number of pyridine rings is 1. The molecule has 1 aromatic heterocycles. The maximum Gasteiger partial charge on any atom is 0.341 e. The highest BCUT2D eigenvalue weighted by molar-refractivity contribution is 5.91. The SMILES string of the molecule is O=C(O)c1cc([N+](=O)[O-])cnc1Oc1cccc(F)c1F. The van der Waals surface area contributed by atoms with E-state index in [2.05, 4.69) is 4.98 Å². The van der Waals surface area contributed by atoms with Gasteiger partial charge in [0.25, 0.3) is 5.69 Å². The first-order valence-electron chi connectivity index (χ1n) is 5.39. The molecule has 1 aromatic carbocycles. The van der Waals surface area contributed by atoms with Crippen molar-refractivity contribution in [1.29, 1.82) is 0 Å². The first-order valence-corrected chi connectivity index (χ1v) is 5.39. The van der Waals surface area contributed by atoms with Crippen molar-refractivity contribution in [2.45, 2.75) is 0 Å². The van der Waals surface area contributed by atoms with E-state index in [-0.39, 0.29) is 0 Å². The molecule has 0 atom stereocenters. The van der Waals surface area contributed by atoms with E-state index in [0.717, 1.165) is 24.4 Å². The van der Waals surface area contributed by atoms with Gasteiger partial charge in [-0.05, 0) is 12.1 Å². The van der Waals surface area contributed by atoms with E-state index in [0.29, 0.717) is 6.07 Å². The van der Waals surface area contributed by atoms with Gasteiger partial charge in [0.05, 0.1) is 4.92 Å². The van der Waals surface area contributed by atoms with Crippen LogP contribution in [0.15, 0.2) is 30.5 Å². The Morgan fingerprint density at radius 3 is 2.71 bits per heavy atom. The lowest BCUT2D eigenvalue weighted by atomic mass is 10.2. The zero-order chi connectivity index (χ0) is 15.6. The largest absolute Gasteiger partial charge is 0.477 e. The zero-order valence-corrected chi connectivity index (χ0v) is 10.1. The quantitative estimate of drug-likeness (QED) is 0.687. The molecule has 7 nitrogen and oxygen atoms in total. The Kier molecular flexibility index (Phi) is 3.74. The molecule has 21 heavy (non-hydrogen) atoms. The van der Waals surface area contributed by atoms with Crippen molar-refractivity contribution in [3.05, 3.63) is 57.8 Å². The third kappa shape index (κ3) is 2.91. The highest BCUT2D eigenvalue weighted by Gasteiger charge is 2.20. The third-order valence-corrected chi connectivity index (χ3v) is 2.40. The minimum absolute atomic E-state index is 0.570. The highest BCUT2D eigenvalue weighted by Crippen LogP contribution is 2.28. The number of benzene rings is 1. The van der Waals surface area contributed by atoms with Crippen LogP contribution < -0.4 is 4.74 Å². The number of nitro groups is 1. The van der Waals surface area contributed by atoms with E-state index in [4.69, 9.17) is 9.84 Å². The fourth-order valence-corrected chi connectivity index (χ4v) is 1.44. The van der Waals surface area contributed by atoms with Crippen molar-refractivity contribution < 1.29 is 28.3 Å². The first-order chi connectivity index (χ1) is 9.90. The Labute approximate surface area is 115 Å². The summed E-state index contributed by atoms with van der Waals surface area (Å²) in [7, 11) is 0. The average molecular weight is 296 g/mol. The van der Waals surface area contributed by atoms with E-state index < -0.39 is 45.4 Å². The van der Waals surface area contributed by atoms with Crippen LogP contribution in [0.2, 0.25) is 0 Å². The predicted molar refractivity (Wildman–Crippen MR) is 64.3 cm³/mol. The van der Waals surface area contributed by atoms with Crippen LogP contribution in [0.1, 0.15) is 10.4 Å². The molecule has 108 valence electrons. The van der Waals surface area contributed by atoms with Crippen molar-refractivity contribution >= 4 is 11.7 Å². The van der Waals surface area contributed by atoms with Gasteiger partial charge in [-0.15, -0.1) is 0 Å². The van der Waals surface area contributed by atoms with Crippen molar-refractivity contribution in [2.75, 3.05) is 0 Å². The molecule has 0 aliphatic rings. The summed E-state index contributed by atoms with van der Waals surface area (Å²) in [5.41, 5.74) is -1.22. The van der Waals surface area contributed by atoms with Gasteiger partial charge in [0.2, 0.25) is 11.7 Å².